The largest absolute Gasteiger partial charge is 0.499 e. The Bertz CT molecular complexity index is 838. The number of piperazine rings is 1. The monoisotopic (exact) mass is 397 g/mol. The molecule has 2 fully saturated rings. The van der Waals surface area contributed by atoms with Gasteiger partial charge < -0.3 is 19.5 Å². The number of halogens is 2. The zero-order chi connectivity index (χ0) is 18.7. The normalized spacial score (nSPS) is 22.4. The summed E-state index contributed by atoms with van der Waals surface area (Å²) in [6.45, 7) is 11.3. The highest BCUT2D eigenvalue weighted by molar-refractivity contribution is 7.11. The van der Waals surface area contributed by atoms with E-state index in [1.165, 1.54) is 11.5 Å². The van der Waals surface area contributed by atoms with Gasteiger partial charge in [0, 0.05) is 42.1 Å². The van der Waals surface area contributed by atoms with Crippen LogP contribution in [0.5, 0.6) is 0 Å². The maximum Gasteiger partial charge on any atom is 0.499 e. The molecule has 9 heteroatoms. The van der Waals surface area contributed by atoms with Gasteiger partial charge in [0.15, 0.2) is 5.82 Å². The van der Waals surface area contributed by atoms with Crippen LogP contribution in [-0.2, 0) is 9.31 Å². The highest BCUT2D eigenvalue weighted by atomic mass is 35.5. The number of fused-ring (bicyclic) bond motifs is 1. The van der Waals surface area contributed by atoms with Crippen molar-refractivity contribution in [1.29, 1.82) is 0 Å². The Morgan fingerprint density at radius 3 is 2.46 bits per heavy atom. The van der Waals surface area contributed by atoms with Crippen molar-refractivity contribution in [2.75, 3.05) is 31.1 Å². The second kappa shape index (κ2) is 6.31. The van der Waals surface area contributed by atoms with Crippen LogP contribution in [0, 0.1) is 5.82 Å². The quantitative estimate of drug-likeness (QED) is 0.790. The van der Waals surface area contributed by atoms with Gasteiger partial charge in [-0.1, -0.05) is 11.6 Å². The van der Waals surface area contributed by atoms with E-state index in [0.29, 0.717) is 10.5 Å². The van der Waals surface area contributed by atoms with Crippen molar-refractivity contribution in [2.45, 2.75) is 38.9 Å². The molecule has 0 amide bonds. The molecule has 0 spiro atoms. The predicted octanol–water partition coefficient (Wildman–Crippen LogP) is 2.80. The van der Waals surface area contributed by atoms with E-state index in [4.69, 9.17) is 20.9 Å². The average Bonchev–Trinajstić information content (AvgIpc) is 3.07. The number of hydrogen-bond donors (Lipinski definition) is 1. The predicted molar refractivity (Wildman–Crippen MR) is 105 cm³/mol. The lowest BCUT2D eigenvalue weighted by Gasteiger charge is -2.32. The summed E-state index contributed by atoms with van der Waals surface area (Å²) in [6.07, 6.45) is 0. The van der Waals surface area contributed by atoms with Crippen molar-refractivity contribution < 1.29 is 13.7 Å². The molecule has 4 rings (SSSR count). The molecule has 1 aromatic heterocycles. The van der Waals surface area contributed by atoms with Crippen LogP contribution in [0.15, 0.2) is 6.07 Å². The molecule has 26 heavy (non-hydrogen) atoms. The van der Waals surface area contributed by atoms with Crippen LogP contribution in [-0.4, -0.2) is 48.9 Å². The maximum absolute atomic E-state index is 15.3. The van der Waals surface area contributed by atoms with Crippen LogP contribution in [0.4, 0.5) is 9.39 Å². The number of benzene rings is 1. The molecule has 3 heterocycles. The zero-order valence-electron chi connectivity index (χ0n) is 15.4. The molecule has 0 saturated carbocycles. The van der Waals surface area contributed by atoms with Gasteiger partial charge in [0.2, 0.25) is 0 Å². The summed E-state index contributed by atoms with van der Waals surface area (Å²) < 4.78 is 31.7. The molecule has 2 aliphatic rings. The lowest BCUT2D eigenvalue weighted by atomic mass is 9.78. The number of anilines is 1. The first-order chi connectivity index (χ1) is 12.2. The van der Waals surface area contributed by atoms with Gasteiger partial charge in [-0.2, -0.15) is 4.37 Å². The first-order valence-electron chi connectivity index (χ1n) is 8.80. The minimum absolute atomic E-state index is 0.231. The molecule has 0 atom stereocenters. The van der Waals surface area contributed by atoms with Gasteiger partial charge in [-0.3, -0.25) is 0 Å². The number of aromatic nitrogens is 1. The number of nitrogens with one attached hydrogen (secondary N) is 1. The summed E-state index contributed by atoms with van der Waals surface area (Å²) in [5, 5.41) is 5.34. The first kappa shape index (κ1) is 18.4. The Labute approximate surface area is 162 Å². The molecule has 2 saturated heterocycles. The molecule has 0 radical (unpaired) electrons. The van der Waals surface area contributed by atoms with Crippen LogP contribution in [0.1, 0.15) is 27.7 Å². The van der Waals surface area contributed by atoms with Crippen LogP contribution < -0.4 is 15.7 Å². The molecule has 5 nitrogen and oxygen atoms in total. The van der Waals surface area contributed by atoms with Gasteiger partial charge in [0.25, 0.3) is 0 Å². The fraction of sp³-hybridized carbons (Fsp3) is 0.588. The van der Waals surface area contributed by atoms with Crippen LogP contribution >= 0.6 is 23.1 Å². The fourth-order valence-electron chi connectivity index (χ4n) is 3.29. The highest BCUT2D eigenvalue weighted by Crippen LogP contribution is 2.39. The molecule has 0 aliphatic carbocycles. The van der Waals surface area contributed by atoms with E-state index in [-0.39, 0.29) is 5.46 Å². The Morgan fingerprint density at radius 2 is 1.85 bits per heavy atom. The van der Waals surface area contributed by atoms with Crippen molar-refractivity contribution >= 4 is 51.6 Å². The number of hydrogen-bond acceptors (Lipinski definition) is 6. The average molecular weight is 398 g/mol. The molecule has 1 aromatic carbocycles. The van der Waals surface area contributed by atoms with E-state index in [9.17, 15) is 0 Å². The van der Waals surface area contributed by atoms with Crippen LogP contribution in [0.2, 0.25) is 5.02 Å². The molecular weight excluding hydrogens is 376 g/mol. The van der Waals surface area contributed by atoms with E-state index in [0.717, 1.165) is 36.6 Å². The second-order valence-corrected chi connectivity index (χ2v) is 8.95. The number of rotatable bonds is 2. The van der Waals surface area contributed by atoms with Gasteiger partial charge >= 0.3 is 7.12 Å². The molecule has 1 N–H and O–H groups in total. The second-order valence-electron chi connectivity index (χ2n) is 7.80. The molecule has 2 aromatic rings. The van der Waals surface area contributed by atoms with Gasteiger partial charge in [-0.15, -0.1) is 0 Å². The summed E-state index contributed by atoms with van der Waals surface area (Å²) in [5.41, 5.74) is -0.556. The molecule has 140 valence electrons. The molecule has 0 unspecified atom stereocenters. The topological polar surface area (TPSA) is 46.6 Å². The fourth-order valence-corrected chi connectivity index (χ4v) is 4.48. The third-order valence-electron chi connectivity index (χ3n) is 5.57. The third-order valence-corrected chi connectivity index (χ3v) is 6.81. The minimum Gasteiger partial charge on any atom is -0.399 e. The van der Waals surface area contributed by atoms with Crippen molar-refractivity contribution in [3.8, 4) is 0 Å². The Hall–Kier alpha value is -0.925. The summed E-state index contributed by atoms with van der Waals surface area (Å²) in [5.74, 6) is -0.455. The molecular formula is C17H22BClFN3O2S. The van der Waals surface area contributed by atoms with E-state index in [1.807, 2.05) is 27.7 Å². The highest BCUT2D eigenvalue weighted by Gasteiger charge is 2.53. The van der Waals surface area contributed by atoms with Gasteiger partial charge in [0.05, 0.1) is 11.2 Å². The van der Waals surface area contributed by atoms with Crippen molar-refractivity contribution in [1.82, 2.24) is 9.69 Å². The van der Waals surface area contributed by atoms with Crippen LogP contribution in [0.25, 0.3) is 10.9 Å². The summed E-state index contributed by atoms with van der Waals surface area (Å²) in [7, 11) is -0.846. The Morgan fingerprint density at radius 1 is 1.23 bits per heavy atom. The van der Waals surface area contributed by atoms with Crippen molar-refractivity contribution in [3.63, 3.8) is 0 Å². The lowest BCUT2D eigenvalue weighted by Crippen LogP contribution is -2.43. The van der Waals surface area contributed by atoms with E-state index < -0.39 is 24.1 Å². The van der Waals surface area contributed by atoms with Gasteiger partial charge in [-0.25, -0.2) is 4.39 Å². The standard InChI is InChI=1S/C17H22BClFN3O2S/c1-16(2)17(3,4)25-18(24-16)12-11(19)9-10-14(13(12)20)22-26-15(10)23-7-5-21-6-8-23/h9,21H,5-8H2,1-4H3. The maximum atomic E-state index is 15.3. The smallest absolute Gasteiger partial charge is 0.399 e. The summed E-state index contributed by atoms with van der Waals surface area (Å²) in [6, 6.07) is 1.79. The van der Waals surface area contributed by atoms with Crippen molar-refractivity contribution in [3.05, 3.63) is 16.9 Å². The Kier molecular flexibility index (Phi) is 4.47. The zero-order valence-corrected chi connectivity index (χ0v) is 16.9. The summed E-state index contributed by atoms with van der Waals surface area (Å²) in [4.78, 5) is 2.22. The van der Waals surface area contributed by atoms with E-state index in [2.05, 4.69) is 14.6 Å². The van der Waals surface area contributed by atoms with Crippen LogP contribution in [0.3, 0.4) is 0 Å². The van der Waals surface area contributed by atoms with Crippen molar-refractivity contribution in [2.24, 2.45) is 0 Å². The summed E-state index contributed by atoms with van der Waals surface area (Å²) >= 11 is 7.80. The lowest BCUT2D eigenvalue weighted by molar-refractivity contribution is 0.00578. The SMILES string of the molecule is CC1(C)OB(c2c(Cl)cc3c(N4CCNCC4)snc3c2F)OC1(C)C. The minimum atomic E-state index is -0.846. The third kappa shape index (κ3) is 2.83. The number of nitrogens with zero attached hydrogens (tertiary/aromatic N) is 2. The first-order valence-corrected chi connectivity index (χ1v) is 9.95. The molecule has 2 aliphatic heterocycles. The molecule has 0 bridgehead atoms. The van der Waals surface area contributed by atoms with E-state index in [1.54, 1.807) is 6.07 Å². The van der Waals surface area contributed by atoms with Gasteiger partial charge in [0.1, 0.15) is 10.5 Å². The van der Waals surface area contributed by atoms with Gasteiger partial charge in [-0.05, 0) is 45.3 Å². The Balaban J connectivity index is 1.76. The van der Waals surface area contributed by atoms with E-state index >= 15 is 4.39 Å².